The van der Waals surface area contributed by atoms with Gasteiger partial charge in [-0.15, -0.1) is 0 Å². The summed E-state index contributed by atoms with van der Waals surface area (Å²) in [6, 6.07) is 11.9. The number of carbonyl (C=O) groups is 3. The largest absolute Gasteiger partial charge is 0.433 e. The van der Waals surface area contributed by atoms with Crippen molar-refractivity contribution < 1.29 is 23.5 Å². The number of cyclic esters (lactones) is 1. The molecule has 2 aliphatic rings. The van der Waals surface area contributed by atoms with Crippen molar-refractivity contribution in [2.24, 2.45) is 0 Å². The SMILES string of the molecule is O=C1O[C@@H](N2C(=O)CC[C@H]2C(=O)NCc2ccc(F)cc2)c2ccccc21. The molecule has 1 saturated heterocycles. The van der Waals surface area contributed by atoms with E-state index in [0.29, 0.717) is 17.5 Å². The number of halogens is 1. The lowest BCUT2D eigenvalue weighted by Gasteiger charge is -2.29. The monoisotopic (exact) mass is 368 g/mol. The van der Waals surface area contributed by atoms with Gasteiger partial charge in [0, 0.05) is 18.5 Å². The van der Waals surface area contributed by atoms with E-state index in [0.717, 1.165) is 5.56 Å². The molecule has 2 atom stereocenters. The Morgan fingerprint density at radius 2 is 1.89 bits per heavy atom. The van der Waals surface area contributed by atoms with E-state index in [2.05, 4.69) is 5.32 Å². The Balaban J connectivity index is 1.51. The molecule has 1 N–H and O–H groups in total. The van der Waals surface area contributed by atoms with E-state index in [1.54, 1.807) is 36.4 Å². The maximum atomic E-state index is 13.0. The van der Waals surface area contributed by atoms with E-state index in [1.165, 1.54) is 17.0 Å². The summed E-state index contributed by atoms with van der Waals surface area (Å²) >= 11 is 0. The number of hydrogen-bond donors (Lipinski definition) is 1. The zero-order chi connectivity index (χ0) is 19.0. The number of fused-ring (bicyclic) bond motifs is 1. The van der Waals surface area contributed by atoms with Crippen molar-refractivity contribution in [3.05, 3.63) is 71.0 Å². The van der Waals surface area contributed by atoms with E-state index in [-0.39, 0.29) is 30.6 Å². The maximum Gasteiger partial charge on any atom is 0.340 e. The van der Waals surface area contributed by atoms with Gasteiger partial charge in [0.05, 0.1) is 5.56 Å². The highest BCUT2D eigenvalue weighted by Crippen LogP contribution is 2.38. The van der Waals surface area contributed by atoms with Crippen LogP contribution in [0.5, 0.6) is 0 Å². The molecule has 4 rings (SSSR count). The summed E-state index contributed by atoms with van der Waals surface area (Å²) in [5, 5.41) is 2.77. The van der Waals surface area contributed by atoms with Crippen molar-refractivity contribution in [1.29, 1.82) is 0 Å². The summed E-state index contributed by atoms with van der Waals surface area (Å²) < 4.78 is 18.4. The topological polar surface area (TPSA) is 75.7 Å². The number of hydrogen-bond acceptors (Lipinski definition) is 4. The van der Waals surface area contributed by atoms with Crippen LogP contribution in [0, 0.1) is 5.82 Å². The zero-order valence-electron chi connectivity index (χ0n) is 14.4. The van der Waals surface area contributed by atoms with Crippen LogP contribution >= 0.6 is 0 Å². The number of nitrogens with zero attached hydrogens (tertiary/aromatic N) is 1. The Morgan fingerprint density at radius 1 is 1.15 bits per heavy atom. The number of likely N-dealkylation sites (tertiary alicyclic amines) is 1. The Morgan fingerprint density at radius 3 is 2.67 bits per heavy atom. The molecule has 0 aliphatic carbocycles. The first kappa shape index (κ1) is 17.2. The summed E-state index contributed by atoms with van der Waals surface area (Å²) in [6.45, 7) is 0.221. The van der Waals surface area contributed by atoms with Crippen molar-refractivity contribution in [1.82, 2.24) is 10.2 Å². The number of nitrogens with one attached hydrogen (secondary N) is 1. The number of ether oxygens (including phenoxy) is 1. The van der Waals surface area contributed by atoms with Crippen LogP contribution in [-0.2, 0) is 20.9 Å². The first-order valence-corrected chi connectivity index (χ1v) is 8.68. The molecule has 2 amide bonds. The van der Waals surface area contributed by atoms with Crippen molar-refractivity contribution in [3.8, 4) is 0 Å². The molecule has 2 aromatic rings. The van der Waals surface area contributed by atoms with Crippen LogP contribution in [-0.4, -0.2) is 28.7 Å². The van der Waals surface area contributed by atoms with Crippen molar-refractivity contribution in [2.45, 2.75) is 31.7 Å². The van der Waals surface area contributed by atoms with Gasteiger partial charge >= 0.3 is 5.97 Å². The van der Waals surface area contributed by atoms with Crippen LogP contribution in [0.2, 0.25) is 0 Å². The molecule has 2 aliphatic heterocycles. The molecular formula is C20H17FN2O4. The van der Waals surface area contributed by atoms with Crippen LogP contribution in [0.1, 0.15) is 40.6 Å². The molecule has 138 valence electrons. The van der Waals surface area contributed by atoms with Crippen LogP contribution in [0.4, 0.5) is 4.39 Å². The average Bonchev–Trinajstić information content (AvgIpc) is 3.21. The van der Waals surface area contributed by atoms with Crippen LogP contribution < -0.4 is 5.32 Å². The summed E-state index contributed by atoms with van der Waals surface area (Å²) in [7, 11) is 0. The van der Waals surface area contributed by atoms with Crippen molar-refractivity contribution in [3.63, 3.8) is 0 Å². The quantitative estimate of drug-likeness (QED) is 0.841. The lowest BCUT2D eigenvalue weighted by molar-refractivity contribution is -0.145. The fourth-order valence-electron chi connectivity index (χ4n) is 3.50. The highest BCUT2D eigenvalue weighted by atomic mass is 19.1. The highest BCUT2D eigenvalue weighted by molar-refractivity contribution is 5.96. The van der Waals surface area contributed by atoms with E-state index in [4.69, 9.17) is 4.74 Å². The number of benzene rings is 2. The Bertz CT molecular complexity index is 912. The summed E-state index contributed by atoms with van der Waals surface area (Å²) in [5.41, 5.74) is 1.75. The zero-order valence-corrected chi connectivity index (χ0v) is 14.4. The van der Waals surface area contributed by atoms with Gasteiger partial charge in [-0.1, -0.05) is 30.3 Å². The normalized spacial score (nSPS) is 21.1. The van der Waals surface area contributed by atoms with Gasteiger partial charge in [-0.25, -0.2) is 9.18 Å². The number of esters is 1. The van der Waals surface area contributed by atoms with Gasteiger partial charge in [0.1, 0.15) is 11.9 Å². The molecule has 0 bridgehead atoms. The molecule has 1 fully saturated rings. The minimum absolute atomic E-state index is 0.213. The fraction of sp³-hybridized carbons (Fsp3) is 0.250. The molecule has 0 unspecified atom stereocenters. The van der Waals surface area contributed by atoms with Crippen LogP contribution in [0.25, 0.3) is 0 Å². The molecule has 7 heteroatoms. The Hall–Kier alpha value is -3.22. The first-order chi connectivity index (χ1) is 13.0. The molecule has 27 heavy (non-hydrogen) atoms. The summed E-state index contributed by atoms with van der Waals surface area (Å²) in [6.07, 6.45) is -0.319. The summed E-state index contributed by atoms with van der Waals surface area (Å²) in [5.74, 6) is -1.41. The Kier molecular flexibility index (Phi) is 4.35. The van der Waals surface area contributed by atoms with Gasteiger partial charge < -0.3 is 10.1 Å². The van der Waals surface area contributed by atoms with Gasteiger partial charge in [-0.3, -0.25) is 14.5 Å². The minimum atomic E-state index is -0.884. The van der Waals surface area contributed by atoms with E-state index >= 15 is 0 Å². The molecule has 0 spiro atoms. The van der Waals surface area contributed by atoms with Gasteiger partial charge in [-0.2, -0.15) is 0 Å². The van der Waals surface area contributed by atoms with Gasteiger partial charge in [0.25, 0.3) is 0 Å². The molecule has 2 heterocycles. The van der Waals surface area contributed by atoms with Gasteiger partial charge in [0.15, 0.2) is 0 Å². The molecule has 6 nitrogen and oxygen atoms in total. The van der Waals surface area contributed by atoms with Crippen LogP contribution in [0.3, 0.4) is 0 Å². The van der Waals surface area contributed by atoms with Crippen molar-refractivity contribution in [2.75, 3.05) is 0 Å². The lowest BCUT2D eigenvalue weighted by atomic mass is 10.1. The molecule has 0 aromatic heterocycles. The lowest BCUT2D eigenvalue weighted by Crippen LogP contribution is -2.46. The van der Waals surface area contributed by atoms with Crippen LogP contribution in [0.15, 0.2) is 48.5 Å². The molecule has 0 radical (unpaired) electrons. The second-order valence-corrected chi connectivity index (χ2v) is 6.54. The standard InChI is InChI=1S/C20H17FN2O4/c21-13-7-5-12(6-8-13)11-22-18(25)16-9-10-17(24)23(16)19-14-3-1-2-4-15(14)20(26)27-19/h1-8,16,19H,9-11H2,(H,22,25)/t16-,19+/m0/s1. The second kappa shape index (κ2) is 6.83. The third-order valence-electron chi connectivity index (χ3n) is 4.86. The fourth-order valence-corrected chi connectivity index (χ4v) is 3.50. The van der Waals surface area contributed by atoms with Gasteiger partial charge in [-0.05, 0) is 30.2 Å². The van der Waals surface area contributed by atoms with E-state index in [9.17, 15) is 18.8 Å². The second-order valence-electron chi connectivity index (χ2n) is 6.54. The first-order valence-electron chi connectivity index (χ1n) is 8.68. The molecule has 2 aromatic carbocycles. The maximum absolute atomic E-state index is 13.0. The summed E-state index contributed by atoms with van der Waals surface area (Å²) in [4.78, 5) is 38.5. The number of carbonyl (C=O) groups excluding carboxylic acids is 3. The van der Waals surface area contributed by atoms with E-state index < -0.39 is 18.2 Å². The third kappa shape index (κ3) is 3.16. The molecular weight excluding hydrogens is 351 g/mol. The minimum Gasteiger partial charge on any atom is -0.433 e. The predicted molar refractivity (Wildman–Crippen MR) is 92.7 cm³/mol. The number of rotatable bonds is 4. The Labute approximate surface area is 154 Å². The average molecular weight is 368 g/mol. The highest BCUT2D eigenvalue weighted by Gasteiger charge is 2.46. The smallest absolute Gasteiger partial charge is 0.340 e. The van der Waals surface area contributed by atoms with Crippen molar-refractivity contribution >= 4 is 17.8 Å². The number of amides is 2. The molecule has 0 saturated carbocycles. The third-order valence-corrected chi connectivity index (χ3v) is 4.86. The van der Waals surface area contributed by atoms with Gasteiger partial charge in [0.2, 0.25) is 18.0 Å². The predicted octanol–water partition coefficient (Wildman–Crippen LogP) is 2.30. The van der Waals surface area contributed by atoms with E-state index in [1.807, 2.05) is 0 Å².